The van der Waals surface area contributed by atoms with Crippen LogP contribution in [0, 0.1) is 6.92 Å². The van der Waals surface area contributed by atoms with Gasteiger partial charge in [0, 0.05) is 0 Å². The number of hydrazone groups is 1. The fourth-order valence-electron chi connectivity index (χ4n) is 2.36. The third-order valence-corrected chi connectivity index (χ3v) is 3.81. The van der Waals surface area contributed by atoms with Crippen LogP contribution in [0.15, 0.2) is 33.8 Å². The van der Waals surface area contributed by atoms with E-state index in [0.717, 1.165) is 16.9 Å². The van der Waals surface area contributed by atoms with Crippen LogP contribution in [0.1, 0.15) is 72.5 Å². The highest BCUT2D eigenvalue weighted by molar-refractivity contribution is 5.98. The molecule has 24 heavy (non-hydrogen) atoms. The fourth-order valence-corrected chi connectivity index (χ4v) is 2.36. The van der Waals surface area contributed by atoms with Crippen LogP contribution in [-0.4, -0.2) is 17.2 Å². The third kappa shape index (κ3) is 4.04. The molecule has 1 amide bonds. The average Bonchev–Trinajstić information content (AvgIpc) is 2.92. The molecule has 1 aromatic carbocycles. The van der Waals surface area contributed by atoms with Gasteiger partial charge in [-0.05, 0) is 48.1 Å². The molecule has 0 fully saturated rings. The number of amides is 1. The number of phenols is 1. The summed E-state index contributed by atoms with van der Waals surface area (Å²) in [6.07, 6.45) is 1.43. The summed E-state index contributed by atoms with van der Waals surface area (Å²) < 4.78 is 5.35. The maximum atomic E-state index is 12.4. The minimum Gasteiger partial charge on any atom is -0.507 e. The molecule has 0 aliphatic rings. The molecular weight excluding hydrogens is 304 g/mol. The van der Waals surface area contributed by atoms with Crippen LogP contribution in [0.5, 0.6) is 5.75 Å². The molecule has 2 rings (SSSR count). The Morgan fingerprint density at radius 1 is 1.21 bits per heavy atom. The number of furan rings is 1. The van der Waals surface area contributed by atoms with E-state index >= 15 is 0 Å². The van der Waals surface area contributed by atoms with Crippen molar-refractivity contribution in [3.05, 3.63) is 52.5 Å². The van der Waals surface area contributed by atoms with E-state index in [0.29, 0.717) is 5.76 Å². The predicted octanol–water partition coefficient (Wildman–Crippen LogP) is 4.30. The van der Waals surface area contributed by atoms with E-state index in [4.69, 9.17) is 4.42 Å². The van der Waals surface area contributed by atoms with Gasteiger partial charge in [-0.25, -0.2) is 5.43 Å². The highest BCUT2D eigenvalue weighted by Crippen LogP contribution is 2.33. The summed E-state index contributed by atoms with van der Waals surface area (Å²) in [5.41, 5.74) is 4.44. The topological polar surface area (TPSA) is 74.8 Å². The normalized spacial score (nSPS) is 11.6. The molecule has 2 N–H and O–H groups in total. The van der Waals surface area contributed by atoms with Gasteiger partial charge in [0.05, 0.1) is 11.8 Å². The molecule has 1 heterocycles. The molecule has 0 bridgehead atoms. The molecule has 1 aromatic heterocycles. The summed E-state index contributed by atoms with van der Waals surface area (Å²) in [6, 6.07) is 7.25. The second-order valence-corrected chi connectivity index (χ2v) is 6.46. The van der Waals surface area contributed by atoms with Crippen molar-refractivity contribution in [2.75, 3.05) is 0 Å². The Morgan fingerprint density at radius 2 is 1.92 bits per heavy atom. The van der Waals surface area contributed by atoms with E-state index in [1.54, 1.807) is 12.1 Å². The van der Waals surface area contributed by atoms with E-state index < -0.39 is 5.91 Å². The molecular formula is C19H24N2O3. The number of hydrogen-bond acceptors (Lipinski definition) is 4. The molecule has 5 heteroatoms. The summed E-state index contributed by atoms with van der Waals surface area (Å²) in [5, 5.41) is 14.3. The largest absolute Gasteiger partial charge is 0.507 e. The van der Waals surface area contributed by atoms with E-state index in [1.165, 1.54) is 6.21 Å². The average molecular weight is 328 g/mol. The fraction of sp³-hybridized carbons (Fsp3) is 0.368. The van der Waals surface area contributed by atoms with Crippen LogP contribution in [0.2, 0.25) is 0 Å². The lowest BCUT2D eigenvalue weighted by Gasteiger charge is -2.16. The number of carbonyl (C=O) groups excluding carboxylic acids is 1. The summed E-state index contributed by atoms with van der Waals surface area (Å²) in [5.74, 6) is 1.25. The van der Waals surface area contributed by atoms with Crippen LogP contribution >= 0.6 is 0 Å². The highest BCUT2D eigenvalue weighted by atomic mass is 16.3. The molecule has 0 radical (unpaired) electrons. The number of nitrogens with one attached hydrogen (secondary N) is 1. The summed E-state index contributed by atoms with van der Waals surface area (Å²) >= 11 is 0. The van der Waals surface area contributed by atoms with E-state index in [2.05, 4.69) is 24.4 Å². The standard InChI is InChI=1S/C19H24N2O3/c1-11(2)14-8-16(12(3)4)18(22)17(9-14)19(23)21-20-10-15-7-6-13(5)24-15/h6-12,22H,1-5H3,(H,21,23)/b20-10-. The molecule has 2 aromatic rings. The van der Waals surface area contributed by atoms with Crippen LogP contribution in [-0.2, 0) is 0 Å². The van der Waals surface area contributed by atoms with Gasteiger partial charge >= 0.3 is 0 Å². The van der Waals surface area contributed by atoms with Crippen molar-refractivity contribution >= 4 is 12.1 Å². The van der Waals surface area contributed by atoms with Gasteiger partial charge in [0.2, 0.25) is 0 Å². The van der Waals surface area contributed by atoms with Crippen molar-refractivity contribution in [2.24, 2.45) is 5.10 Å². The minimum absolute atomic E-state index is 0.0101. The van der Waals surface area contributed by atoms with Crippen molar-refractivity contribution in [1.82, 2.24) is 5.43 Å². The Morgan fingerprint density at radius 3 is 2.46 bits per heavy atom. The molecule has 0 saturated heterocycles. The van der Waals surface area contributed by atoms with Crippen molar-refractivity contribution in [2.45, 2.75) is 46.5 Å². The highest BCUT2D eigenvalue weighted by Gasteiger charge is 2.19. The van der Waals surface area contributed by atoms with Crippen molar-refractivity contribution in [3.8, 4) is 5.75 Å². The van der Waals surface area contributed by atoms with Crippen LogP contribution in [0.3, 0.4) is 0 Å². The molecule has 0 spiro atoms. The molecule has 5 nitrogen and oxygen atoms in total. The van der Waals surface area contributed by atoms with Gasteiger partial charge in [0.1, 0.15) is 17.3 Å². The van der Waals surface area contributed by atoms with Gasteiger partial charge in [0.25, 0.3) is 5.91 Å². The van der Waals surface area contributed by atoms with E-state index in [-0.39, 0.29) is 23.1 Å². The number of benzene rings is 1. The molecule has 0 aliphatic heterocycles. The zero-order valence-electron chi connectivity index (χ0n) is 14.8. The SMILES string of the molecule is Cc1ccc(/C=N\NC(=O)c2cc(C(C)C)cc(C(C)C)c2O)o1. The zero-order chi connectivity index (χ0) is 17.9. The molecule has 0 unspecified atom stereocenters. The Balaban J connectivity index is 2.26. The van der Waals surface area contributed by atoms with E-state index in [9.17, 15) is 9.90 Å². The summed E-state index contributed by atoms with van der Waals surface area (Å²) in [4.78, 5) is 12.4. The second kappa shape index (κ2) is 7.34. The number of rotatable bonds is 5. The lowest BCUT2D eigenvalue weighted by molar-refractivity contribution is 0.0952. The maximum absolute atomic E-state index is 12.4. The van der Waals surface area contributed by atoms with Gasteiger partial charge in [-0.3, -0.25) is 4.79 Å². The molecule has 0 saturated carbocycles. The minimum atomic E-state index is -0.448. The number of nitrogens with zero attached hydrogens (tertiary/aromatic N) is 1. The second-order valence-electron chi connectivity index (χ2n) is 6.46. The van der Waals surface area contributed by atoms with E-state index in [1.807, 2.05) is 32.9 Å². The maximum Gasteiger partial charge on any atom is 0.275 e. The smallest absolute Gasteiger partial charge is 0.275 e. The van der Waals surface area contributed by atoms with Crippen molar-refractivity contribution < 1.29 is 14.3 Å². The first-order valence-electron chi connectivity index (χ1n) is 8.06. The van der Waals surface area contributed by atoms with Crippen LogP contribution in [0.4, 0.5) is 0 Å². The lowest BCUT2D eigenvalue weighted by atomic mass is 9.92. The van der Waals surface area contributed by atoms with Gasteiger partial charge in [-0.2, -0.15) is 5.10 Å². The van der Waals surface area contributed by atoms with Crippen molar-refractivity contribution in [3.63, 3.8) is 0 Å². The van der Waals surface area contributed by atoms with Crippen molar-refractivity contribution in [1.29, 1.82) is 0 Å². The number of carbonyl (C=O) groups is 1. The summed E-state index contributed by atoms with van der Waals surface area (Å²) in [6.45, 7) is 9.90. The zero-order valence-corrected chi connectivity index (χ0v) is 14.8. The Labute approximate surface area is 142 Å². The van der Waals surface area contributed by atoms with Crippen LogP contribution in [0.25, 0.3) is 0 Å². The Kier molecular flexibility index (Phi) is 5.44. The van der Waals surface area contributed by atoms with Gasteiger partial charge in [-0.15, -0.1) is 0 Å². The lowest BCUT2D eigenvalue weighted by Crippen LogP contribution is -2.18. The number of aryl methyl sites for hydroxylation is 1. The van der Waals surface area contributed by atoms with Gasteiger partial charge < -0.3 is 9.52 Å². The third-order valence-electron chi connectivity index (χ3n) is 3.81. The molecule has 128 valence electrons. The first kappa shape index (κ1) is 17.8. The Bertz CT molecular complexity index is 758. The first-order chi connectivity index (χ1) is 11.3. The monoisotopic (exact) mass is 328 g/mol. The quantitative estimate of drug-likeness (QED) is 0.634. The van der Waals surface area contributed by atoms with Gasteiger partial charge in [-0.1, -0.05) is 33.8 Å². The number of phenolic OH excluding ortho intramolecular Hbond substituents is 1. The number of aromatic hydroxyl groups is 1. The molecule has 0 atom stereocenters. The molecule has 0 aliphatic carbocycles. The Hall–Kier alpha value is -2.56. The van der Waals surface area contributed by atoms with Crippen LogP contribution < -0.4 is 5.43 Å². The first-order valence-corrected chi connectivity index (χ1v) is 8.06. The summed E-state index contributed by atoms with van der Waals surface area (Å²) in [7, 11) is 0. The number of hydrogen-bond donors (Lipinski definition) is 2. The van der Waals surface area contributed by atoms with Gasteiger partial charge in [0.15, 0.2) is 0 Å². The predicted molar refractivity (Wildman–Crippen MR) is 94.8 cm³/mol.